The van der Waals surface area contributed by atoms with E-state index in [1.165, 1.54) is 38.9 Å². The maximum Gasteiger partial charge on any atom is 0.0303 e. The Kier molecular flexibility index (Phi) is 3.51. The summed E-state index contributed by atoms with van der Waals surface area (Å²) in [6.45, 7) is 11.1. The third kappa shape index (κ3) is 2.17. The SMILES string of the molecule is Cc1c(C)c(C)c(Cc2cccnc2)c(C)c1C. The number of rotatable bonds is 2. The molecule has 94 valence electrons. The number of pyridine rings is 1. The van der Waals surface area contributed by atoms with Gasteiger partial charge in [-0.3, -0.25) is 4.98 Å². The third-order valence-corrected chi connectivity index (χ3v) is 4.26. The molecule has 0 radical (unpaired) electrons. The quantitative estimate of drug-likeness (QED) is 0.765. The first kappa shape index (κ1) is 12.8. The van der Waals surface area contributed by atoms with Gasteiger partial charge in [0.05, 0.1) is 0 Å². The molecule has 0 unspecified atom stereocenters. The molecule has 0 spiro atoms. The van der Waals surface area contributed by atoms with Crippen molar-refractivity contribution in [3.8, 4) is 0 Å². The molecule has 2 rings (SSSR count). The summed E-state index contributed by atoms with van der Waals surface area (Å²) in [6.07, 6.45) is 4.77. The Morgan fingerprint density at radius 1 is 0.833 bits per heavy atom. The van der Waals surface area contributed by atoms with Gasteiger partial charge in [-0.05, 0) is 86.1 Å². The number of benzene rings is 1. The van der Waals surface area contributed by atoms with Crippen molar-refractivity contribution in [3.05, 3.63) is 63.5 Å². The molecule has 1 nitrogen and oxygen atoms in total. The molecule has 2 aromatic rings. The maximum absolute atomic E-state index is 4.20. The lowest BCUT2D eigenvalue weighted by Crippen LogP contribution is -2.03. The fourth-order valence-electron chi connectivity index (χ4n) is 2.55. The summed E-state index contributed by atoms with van der Waals surface area (Å²) in [5.41, 5.74) is 9.89. The number of aromatic nitrogens is 1. The Morgan fingerprint density at radius 3 is 1.89 bits per heavy atom. The molecule has 0 aliphatic rings. The molecule has 0 fully saturated rings. The fourth-order valence-corrected chi connectivity index (χ4v) is 2.55. The van der Waals surface area contributed by atoms with E-state index in [0.717, 1.165) is 6.42 Å². The lowest BCUT2D eigenvalue weighted by molar-refractivity contribution is 1.05. The first-order valence-electron chi connectivity index (χ1n) is 6.47. The van der Waals surface area contributed by atoms with Crippen LogP contribution in [0.5, 0.6) is 0 Å². The zero-order valence-electron chi connectivity index (χ0n) is 12.0. The molecule has 0 saturated carbocycles. The van der Waals surface area contributed by atoms with Crippen LogP contribution in [0.15, 0.2) is 24.5 Å². The van der Waals surface area contributed by atoms with Gasteiger partial charge in [0.1, 0.15) is 0 Å². The summed E-state index contributed by atoms with van der Waals surface area (Å²) < 4.78 is 0. The second-order valence-corrected chi connectivity index (χ2v) is 5.14. The van der Waals surface area contributed by atoms with E-state index < -0.39 is 0 Å². The van der Waals surface area contributed by atoms with Gasteiger partial charge in [0.2, 0.25) is 0 Å². The molecular weight excluding hydrogens is 218 g/mol. The van der Waals surface area contributed by atoms with Gasteiger partial charge in [0, 0.05) is 12.4 Å². The number of hydrogen-bond acceptors (Lipinski definition) is 1. The highest BCUT2D eigenvalue weighted by atomic mass is 14.6. The molecule has 1 heterocycles. The van der Waals surface area contributed by atoms with E-state index in [1.54, 1.807) is 0 Å². The molecule has 0 N–H and O–H groups in total. The van der Waals surface area contributed by atoms with Crippen molar-refractivity contribution in [2.75, 3.05) is 0 Å². The zero-order chi connectivity index (χ0) is 13.3. The van der Waals surface area contributed by atoms with Crippen molar-refractivity contribution in [3.63, 3.8) is 0 Å². The smallest absolute Gasteiger partial charge is 0.0303 e. The third-order valence-electron chi connectivity index (χ3n) is 4.26. The minimum absolute atomic E-state index is 0.980. The van der Waals surface area contributed by atoms with Gasteiger partial charge in [0.15, 0.2) is 0 Å². The minimum atomic E-state index is 0.980. The zero-order valence-corrected chi connectivity index (χ0v) is 12.0. The van der Waals surface area contributed by atoms with E-state index in [9.17, 15) is 0 Å². The van der Waals surface area contributed by atoms with E-state index in [0.29, 0.717) is 0 Å². The van der Waals surface area contributed by atoms with Crippen LogP contribution >= 0.6 is 0 Å². The number of nitrogens with zero attached hydrogens (tertiary/aromatic N) is 1. The van der Waals surface area contributed by atoms with E-state index in [4.69, 9.17) is 0 Å². The van der Waals surface area contributed by atoms with Crippen molar-refractivity contribution in [2.24, 2.45) is 0 Å². The molecule has 0 aliphatic heterocycles. The number of hydrogen-bond donors (Lipinski definition) is 0. The van der Waals surface area contributed by atoms with E-state index in [1.807, 2.05) is 18.5 Å². The highest BCUT2D eigenvalue weighted by Gasteiger charge is 2.12. The average Bonchev–Trinajstić information content (AvgIpc) is 2.40. The highest BCUT2D eigenvalue weighted by Crippen LogP contribution is 2.27. The Hall–Kier alpha value is -1.63. The first-order chi connectivity index (χ1) is 8.52. The Balaban J connectivity index is 2.52. The van der Waals surface area contributed by atoms with Crippen molar-refractivity contribution < 1.29 is 0 Å². The van der Waals surface area contributed by atoms with Crippen molar-refractivity contribution in [1.29, 1.82) is 0 Å². The van der Waals surface area contributed by atoms with Crippen molar-refractivity contribution >= 4 is 0 Å². The first-order valence-corrected chi connectivity index (χ1v) is 6.47. The molecule has 0 amide bonds. The molecule has 1 aromatic heterocycles. The Labute approximate surface area is 110 Å². The van der Waals surface area contributed by atoms with Crippen LogP contribution in [0.3, 0.4) is 0 Å². The van der Waals surface area contributed by atoms with E-state index in [2.05, 4.69) is 45.7 Å². The highest BCUT2D eigenvalue weighted by molar-refractivity contribution is 5.50. The second-order valence-electron chi connectivity index (χ2n) is 5.14. The van der Waals surface area contributed by atoms with Gasteiger partial charge >= 0.3 is 0 Å². The largest absolute Gasteiger partial charge is 0.264 e. The molecule has 0 bridgehead atoms. The van der Waals surface area contributed by atoms with Crippen molar-refractivity contribution in [2.45, 2.75) is 41.0 Å². The van der Waals surface area contributed by atoms with Gasteiger partial charge in [-0.25, -0.2) is 0 Å². The van der Waals surface area contributed by atoms with Crippen LogP contribution in [0.25, 0.3) is 0 Å². The van der Waals surface area contributed by atoms with Gasteiger partial charge in [0.25, 0.3) is 0 Å². The predicted molar refractivity (Wildman–Crippen MR) is 77.2 cm³/mol. The summed E-state index contributed by atoms with van der Waals surface area (Å²) in [7, 11) is 0. The lowest BCUT2D eigenvalue weighted by Gasteiger charge is -2.18. The second kappa shape index (κ2) is 4.93. The summed E-state index contributed by atoms with van der Waals surface area (Å²) >= 11 is 0. The monoisotopic (exact) mass is 239 g/mol. The summed E-state index contributed by atoms with van der Waals surface area (Å²) in [6, 6.07) is 4.16. The molecular formula is C17H21N. The molecule has 18 heavy (non-hydrogen) atoms. The standard InChI is InChI=1S/C17H21N/c1-11-12(2)14(4)17(15(5)13(11)3)9-16-7-6-8-18-10-16/h6-8,10H,9H2,1-5H3. The van der Waals surface area contributed by atoms with Crippen LogP contribution < -0.4 is 0 Å². The van der Waals surface area contributed by atoms with Crippen molar-refractivity contribution in [1.82, 2.24) is 4.98 Å². The molecule has 0 aliphatic carbocycles. The Morgan fingerprint density at radius 2 is 1.39 bits per heavy atom. The van der Waals surface area contributed by atoms with Crippen LogP contribution in [0.2, 0.25) is 0 Å². The predicted octanol–water partition coefficient (Wildman–Crippen LogP) is 4.21. The topological polar surface area (TPSA) is 12.9 Å². The Bertz CT molecular complexity index is 539. The average molecular weight is 239 g/mol. The van der Waals surface area contributed by atoms with Crippen LogP contribution in [0.1, 0.15) is 38.9 Å². The van der Waals surface area contributed by atoms with E-state index >= 15 is 0 Å². The normalized spacial score (nSPS) is 10.7. The summed E-state index contributed by atoms with van der Waals surface area (Å²) in [5, 5.41) is 0. The van der Waals surface area contributed by atoms with Crippen LogP contribution in [-0.2, 0) is 6.42 Å². The van der Waals surface area contributed by atoms with Gasteiger partial charge in [-0.15, -0.1) is 0 Å². The van der Waals surface area contributed by atoms with Gasteiger partial charge < -0.3 is 0 Å². The van der Waals surface area contributed by atoms with Gasteiger partial charge in [-0.2, -0.15) is 0 Å². The van der Waals surface area contributed by atoms with Crippen LogP contribution in [0, 0.1) is 34.6 Å². The van der Waals surface area contributed by atoms with E-state index in [-0.39, 0.29) is 0 Å². The van der Waals surface area contributed by atoms with Crippen LogP contribution in [-0.4, -0.2) is 4.98 Å². The lowest BCUT2D eigenvalue weighted by atomic mass is 9.87. The molecule has 1 aromatic carbocycles. The fraction of sp³-hybridized carbons (Fsp3) is 0.353. The minimum Gasteiger partial charge on any atom is -0.264 e. The van der Waals surface area contributed by atoms with Crippen LogP contribution in [0.4, 0.5) is 0 Å². The van der Waals surface area contributed by atoms with Gasteiger partial charge in [-0.1, -0.05) is 6.07 Å². The molecule has 0 atom stereocenters. The summed E-state index contributed by atoms with van der Waals surface area (Å²) in [4.78, 5) is 4.20. The summed E-state index contributed by atoms with van der Waals surface area (Å²) in [5.74, 6) is 0. The molecule has 0 saturated heterocycles. The maximum atomic E-state index is 4.20. The molecule has 1 heteroatoms.